The third-order valence-corrected chi connectivity index (χ3v) is 3.19. The van der Waals surface area contributed by atoms with Gasteiger partial charge < -0.3 is 21.7 Å². The van der Waals surface area contributed by atoms with Crippen molar-refractivity contribution in [2.24, 2.45) is 11.5 Å². The Hall–Kier alpha value is 0.130. The Kier molecular flexibility index (Phi) is 39.7. The Morgan fingerprint density at radius 1 is 0.852 bits per heavy atom. The molecule has 0 saturated heterocycles. The van der Waals surface area contributed by atoms with E-state index in [1.54, 1.807) is 36.0 Å². The van der Waals surface area contributed by atoms with Crippen molar-refractivity contribution < 1.29 is 37.3 Å². The first-order chi connectivity index (χ1) is 12.4. The van der Waals surface area contributed by atoms with Gasteiger partial charge in [0.2, 0.25) is 0 Å². The van der Waals surface area contributed by atoms with Crippen LogP contribution >= 0.6 is 48.8 Å². The van der Waals surface area contributed by atoms with Crippen LogP contribution in [0.15, 0.2) is 0 Å². The standard InChI is InChI=1S/2C5H11NO2S.2CH4S.H2O4S/c2*1-9-3-2-4(6)5(7)8;2*1-2;1-5(2,3)4/h2*4H,2-3,6H2,1H3,(H,7,8);2*2H,1H3;(H2,1,2,3,4)/t2*4-;;;/m00.../s1. The maximum Gasteiger partial charge on any atom is 0.394 e. The van der Waals surface area contributed by atoms with Gasteiger partial charge in [0.1, 0.15) is 12.1 Å². The number of thiol groups is 2. The highest BCUT2D eigenvalue weighted by Crippen LogP contribution is 1.98. The number of thioether (sulfide) groups is 2. The molecule has 0 spiro atoms. The third-order valence-electron chi connectivity index (χ3n) is 1.90. The molecule has 0 aliphatic carbocycles. The van der Waals surface area contributed by atoms with Crippen LogP contribution in [0.1, 0.15) is 12.8 Å². The smallest absolute Gasteiger partial charge is 0.394 e. The zero-order valence-electron chi connectivity index (χ0n) is 15.7. The molecule has 2 atom stereocenters. The van der Waals surface area contributed by atoms with Crippen molar-refractivity contribution >= 4 is 71.1 Å². The van der Waals surface area contributed by atoms with E-state index in [9.17, 15) is 9.59 Å². The van der Waals surface area contributed by atoms with Gasteiger partial charge in [0.05, 0.1) is 0 Å². The summed E-state index contributed by atoms with van der Waals surface area (Å²) in [5.41, 5.74) is 10.4. The summed E-state index contributed by atoms with van der Waals surface area (Å²) in [6, 6.07) is -1.37. The molecule has 15 heteroatoms. The number of carbonyl (C=O) groups is 2. The molecular formula is C12H32N2O8S5. The van der Waals surface area contributed by atoms with Crippen LogP contribution in [0, 0.1) is 0 Å². The highest BCUT2D eigenvalue weighted by atomic mass is 32.3. The molecule has 27 heavy (non-hydrogen) atoms. The maximum absolute atomic E-state index is 10.1. The lowest BCUT2D eigenvalue weighted by Crippen LogP contribution is -2.30. The number of carboxylic acids is 2. The van der Waals surface area contributed by atoms with E-state index in [-0.39, 0.29) is 0 Å². The molecule has 0 bridgehead atoms. The number of aliphatic carboxylic acids is 2. The van der Waals surface area contributed by atoms with Crippen LogP contribution in [-0.4, -0.2) is 88.3 Å². The lowest BCUT2D eigenvalue weighted by atomic mass is 10.2. The van der Waals surface area contributed by atoms with Crippen molar-refractivity contribution in [3.63, 3.8) is 0 Å². The number of rotatable bonds is 8. The molecule has 0 aliphatic heterocycles. The second-order valence-electron chi connectivity index (χ2n) is 3.90. The molecule has 10 nitrogen and oxygen atoms in total. The fourth-order valence-corrected chi connectivity index (χ4v) is 1.72. The van der Waals surface area contributed by atoms with E-state index in [2.05, 4.69) is 25.3 Å². The second kappa shape index (κ2) is 28.3. The van der Waals surface area contributed by atoms with Gasteiger partial charge in [0, 0.05) is 0 Å². The summed E-state index contributed by atoms with van der Waals surface area (Å²) < 4.78 is 31.6. The van der Waals surface area contributed by atoms with Crippen LogP contribution in [0.25, 0.3) is 0 Å². The third kappa shape index (κ3) is 58.5. The Balaban J connectivity index is -0.0000000844. The summed E-state index contributed by atoms with van der Waals surface area (Å²) in [7, 11) is -4.67. The Labute approximate surface area is 181 Å². The molecule has 0 amide bonds. The number of hydrogen-bond donors (Lipinski definition) is 8. The van der Waals surface area contributed by atoms with Gasteiger partial charge in [-0.1, -0.05) is 0 Å². The van der Waals surface area contributed by atoms with Gasteiger partial charge in [0.25, 0.3) is 0 Å². The summed E-state index contributed by atoms with van der Waals surface area (Å²) in [4.78, 5) is 20.1. The average molecular weight is 493 g/mol. The highest BCUT2D eigenvalue weighted by molar-refractivity contribution is 7.98. The molecule has 0 fully saturated rings. The minimum Gasteiger partial charge on any atom is -0.480 e. The van der Waals surface area contributed by atoms with Gasteiger partial charge in [-0.05, 0) is 49.4 Å². The highest BCUT2D eigenvalue weighted by Gasteiger charge is 2.09. The average Bonchev–Trinajstić information content (AvgIpc) is 2.59. The first-order valence-electron chi connectivity index (χ1n) is 6.90. The van der Waals surface area contributed by atoms with Gasteiger partial charge in [-0.15, -0.1) is 0 Å². The topological polar surface area (TPSA) is 201 Å². The first kappa shape index (κ1) is 37.8. The number of carboxylic acid groups (broad SMARTS) is 2. The van der Waals surface area contributed by atoms with Crippen LogP contribution in [0.2, 0.25) is 0 Å². The first-order valence-corrected chi connectivity index (χ1v) is 12.9. The minimum absolute atomic E-state index is 0.552. The molecule has 0 aliphatic rings. The van der Waals surface area contributed by atoms with E-state index < -0.39 is 34.4 Å². The van der Waals surface area contributed by atoms with Crippen LogP contribution in [0.4, 0.5) is 0 Å². The van der Waals surface area contributed by atoms with Crippen LogP contribution in [-0.2, 0) is 20.0 Å². The van der Waals surface area contributed by atoms with Crippen LogP contribution in [0.3, 0.4) is 0 Å². The molecule has 8 N–H and O–H groups in total. The lowest BCUT2D eigenvalue weighted by Gasteiger charge is -2.02. The van der Waals surface area contributed by atoms with Crippen molar-refractivity contribution in [2.45, 2.75) is 24.9 Å². The summed E-state index contributed by atoms with van der Waals surface area (Å²) >= 11 is 10.3. The predicted octanol–water partition coefficient (Wildman–Crippen LogP) is 0.742. The summed E-state index contributed by atoms with van der Waals surface area (Å²) in [6.45, 7) is 0. The quantitative estimate of drug-likeness (QED) is 0.175. The largest absolute Gasteiger partial charge is 0.480 e. The van der Waals surface area contributed by atoms with E-state index in [0.717, 1.165) is 11.5 Å². The summed E-state index contributed by atoms with van der Waals surface area (Å²) in [5.74, 6) is -0.200. The SMILES string of the molecule is CS.CS.CSCC[C@H](N)C(=O)O.CSCC[C@H](N)C(=O)O.O=S(=O)(O)O. The zero-order chi connectivity index (χ0) is 23.1. The fraction of sp³-hybridized carbons (Fsp3) is 0.833. The molecule has 0 aromatic rings. The van der Waals surface area contributed by atoms with E-state index in [4.69, 9.17) is 39.2 Å². The van der Waals surface area contributed by atoms with E-state index in [1.807, 2.05) is 12.5 Å². The van der Waals surface area contributed by atoms with Crippen molar-refractivity contribution in [1.82, 2.24) is 0 Å². The number of hydrogen-bond acceptors (Lipinski definition) is 10. The van der Waals surface area contributed by atoms with E-state index >= 15 is 0 Å². The molecule has 0 unspecified atom stereocenters. The molecular weight excluding hydrogens is 460 g/mol. The summed E-state index contributed by atoms with van der Waals surface area (Å²) in [5, 5.41) is 16.5. The van der Waals surface area contributed by atoms with Crippen LogP contribution < -0.4 is 11.5 Å². The minimum atomic E-state index is -4.67. The Bertz CT molecular complexity index is 394. The Morgan fingerprint density at radius 2 is 1.04 bits per heavy atom. The molecule has 168 valence electrons. The Morgan fingerprint density at radius 3 is 1.15 bits per heavy atom. The van der Waals surface area contributed by atoms with E-state index in [0.29, 0.717) is 12.8 Å². The second-order valence-corrected chi connectivity index (χ2v) is 6.77. The zero-order valence-corrected chi connectivity index (χ0v) is 19.9. The molecule has 0 rings (SSSR count). The van der Waals surface area contributed by atoms with Crippen molar-refractivity contribution in [3.05, 3.63) is 0 Å². The van der Waals surface area contributed by atoms with Gasteiger partial charge in [-0.25, -0.2) is 0 Å². The molecule has 0 radical (unpaired) electrons. The molecule has 0 aromatic carbocycles. The van der Waals surface area contributed by atoms with Gasteiger partial charge >= 0.3 is 22.3 Å². The van der Waals surface area contributed by atoms with Gasteiger partial charge in [-0.3, -0.25) is 18.7 Å². The maximum atomic E-state index is 10.1. The van der Waals surface area contributed by atoms with Gasteiger partial charge in [0.15, 0.2) is 0 Å². The normalized spacial score (nSPS) is 11.3. The number of nitrogens with two attached hydrogens (primary N) is 2. The fourth-order valence-electron chi connectivity index (χ4n) is 0.737. The summed E-state index contributed by atoms with van der Waals surface area (Å²) in [6.07, 6.45) is 8.34. The van der Waals surface area contributed by atoms with Gasteiger partial charge in [-0.2, -0.15) is 57.2 Å². The predicted molar refractivity (Wildman–Crippen MR) is 121 cm³/mol. The van der Waals surface area contributed by atoms with E-state index in [1.165, 1.54) is 0 Å². The van der Waals surface area contributed by atoms with Crippen molar-refractivity contribution in [1.29, 1.82) is 0 Å². The molecule has 0 heterocycles. The van der Waals surface area contributed by atoms with Crippen LogP contribution in [0.5, 0.6) is 0 Å². The molecule has 0 saturated carbocycles. The lowest BCUT2D eigenvalue weighted by molar-refractivity contribution is -0.139. The molecule has 0 aromatic heterocycles. The van der Waals surface area contributed by atoms with Crippen molar-refractivity contribution in [2.75, 3.05) is 36.5 Å². The monoisotopic (exact) mass is 492 g/mol. The van der Waals surface area contributed by atoms with Crippen molar-refractivity contribution in [3.8, 4) is 0 Å².